The van der Waals surface area contributed by atoms with Gasteiger partial charge in [-0.25, -0.2) is 0 Å². The Morgan fingerprint density at radius 1 is 1.08 bits per heavy atom. The van der Waals surface area contributed by atoms with Gasteiger partial charge in [-0.1, -0.05) is 0 Å². The van der Waals surface area contributed by atoms with E-state index in [1.807, 2.05) is 0 Å². The van der Waals surface area contributed by atoms with Crippen molar-refractivity contribution in [2.45, 2.75) is 9.63 Å². The van der Waals surface area contributed by atoms with Crippen molar-refractivity contribution in [2.75, 3.05) is 23.9 Å². The fourth-order valence-corrected chi connectivity index (χ4v) is 21.1. The van der Waals surface area contributed by atoms with E-state index in [0.717, 1.165) is 23.9 Å². The normalized spacial score (nSPS) is 37.7. The summed E-state index contributed by atoms with van der Waals surface area (Å²) in [4.78, 5) is 1.27. The molecule has 0 radical (unpaired) electrons. The van der Waals surface area contributed by atoms with Crippen molar-refractivity contribution >= 4 is 69.3 Å². The molecule has 1 aliphatic heterocycles. The van der Waals surface area contributed by atoms with Crippen LogP contribution in [0.1, 0.15) is 0 Å². The summed E-state index contributed by atoms with van der Waals surface area (Å²) in [5, 5.41) is 2.04. The first kappa shape index (κ1) is 12.5. The van der Waals surface area contributed by atoms with E-state index in [-0.39, 0.29) is 0 Å². The molecule has 0 amide bonds. The zero-order chi connectivity index (χ0) is 9.19. The van der Waals surface area contributed by atoms with E-state index in [1.165, 1.54) is 0 Å². The van der Waals surface area contributed by atoms with Gasteiger partial charge in [0, 0.05) is 0 Å². The van der Waals surface area contributed by atoms with Crippen LogP contribution in [0.3, 0.4) is 0 Å². The summed E-state index contributed by atoms with van der Waals surface area (Å²) >= 11 is 14.8. The van der Waals surface area contributed by atoms with Gasteiger partial charge >= 0.3 is 108 Å². The molecule has 6 heteroatoms. The zero-order valence-electron chi connectivity index (χ0n) is 6.31. The molecule has 0 spiro atoms. The van der Waals surface area contributed by atoms with Crippen LogP contribution >= 0.6 is 60.1 Å². The van der Waals surface area contributed by atoms with Crippen molar-refractivity contribution < 1.29 is 4.74 Å². The maximum absolute atomic E-state index is 5.53. The van der Waals surface area contributed by atoms with Crippen molar-refractivity contribution in [3.8, 4) is 0 Å². The summed E-state index contributed by atoms with van der Waals surface area (Å²) in [5.74, 6) is 0. The molecule has 0 aromatic heterocycles. The average Bonchev–Trinajstić information content (AvgIpc) is 2.03. The average molecular weight is 497 g/mol. The van der Waals surface area contributed by atoms with Gasteiger partial charge in [0.25, 0.3) is 0 Å². The Morgan fingerprint density at radius 2 is 1.50 bits per heavy atom. The van der Waals surface area contributed by atoms with E-state index in [9.17, 15) is 0 Å². The van der Waals surface area contributed by atoms with Crippen LogP contribution in [-0.4, -0.2) is 33.1 Å². The molecule has 0 aromatic carbocycles. The third-order valence-corrected chi connectivity index (χ3v) is 21.3. The molecule has 1 saturated heterocycles. The summed E-state index contributed by atoms with van der Waals surface area (Å²) in [7, 11) is -1.63. The minimum absolute atomic E-state index is 0.637. The molecule has 1 nitrogen and oxygen atoms in total. The fourth-order valence-electron chi connectivity index (χ4n) is 1.04. The van der Waals surface area contributed by atoms with Crippen LogP contribution in [0.15, 0.2) is 0 Å². The number of hydrogen-bond acceptors (Lipinski definition) is 1. The van der Waals surface area contributed by atoms with Gasteiger partial charge in [0.05, 0.1) is 0 Å². The molecule has 74 valence electrons. The Bertz CT molecular complexity index is 140. The molecule has 0 saturated carbocycles. The van der Waals surface area contributed by atoms with Gasteiger partial charge in [-0.3, -0.25) is 0 Å². The monoisotopic (exact) mass is 494 g/mol. The van der Waals surface area contributed by atoms with Crippen LogP contribution in [-0.2, 0) is 4.74 Å². The van der Waals surface area contributed by atoms with Crippen molar-refractivity contribution in [3.63, 3.8) is 0 Å². The molecule has 2 atom stereocenters. The van der Waals surface area contributed by atoms with E-state index in [4.69, 9.17) is 4.74 Å². The summed E-state index contributed by atoms with van der Waals surface area (Å²) in [6.45, 7) is 1.76. The SMILES string of the molecule is BrC[C@@H]1COC[C@H](CBr)[Se]1(Br)Br. The number of halogens is 4. The molecule has 12 heavy (non-hydrogen) atoms. The zero-order valence-corrected chi connectivity index (χ0v) is 14.4. The third kappa shape index (κ3) is 2.71. The van der Waals surface area contributed by atoms with E-state index in [0.29, 0.717) is 9.63 Å². The first-order valence-electron chi connectivity index (χ1n) is 3.52. The first-order valence-corrected chi connectivity index (χ1v) is 15.8. The quantitative estimate of drug-likeness (QED) is 0.418. The van der Waals surface area contributed by atoms with E-state index < -0.39 is 9.23 Å². The van der Waals surface area contributed by atoms with Crippen LogP contribution in [0, 0.1) is 0 Å². The Labute approximate surface area is 106 Å². The summed E-state index contributed by atoms with van der Waals surface area (Å²) in [6, 6.07) is 0. The number of alkyl halides is 2. The van der Waals surface area contributed by atoms with Crippen LogP contribution in [0.5, 0.6) is 0 Å². The topological polar surface area (TPSA) is 9.23 Å². The van der Waals surface area contributed by atoms with Crippen molar-refractivity contribution in [2.24, 2.45) is 0 Å². The van der Waals surface area contributed by atoms with Gasteiger partial charge in [0.2, 0.25) is 0 Å². The molecule has 0 bridgehead atoms. The Hall–Kier alpha value is 2.40. The molecular formula is C6H10Br4OSe. The standard InChI is InChI=1S/C6H10Br4OSe/c7-1-5-3-11-4-6(2-8)12(5,9)10/h5-6H,1-4H2/t5-,6+. The molecule has 1 fully saturated rings. The maximum atomic E-state index is 5.53. The van der Waals surface area contributed by atoms with Crippen LogP contribution in [0.4, 0.5) is 0 Å². The molecule has 0 N–H and O–H groups in total. The second-order valence-corrected chi connectivity index (χ2v) is 24.7. The van der Waals surface area contributed by atoms with E-state index in [2.05, 4.69) is 60.1 Å². The first-order chi connectivity index (χ1) is 5.62. The Kier molecular flexibility index (Phi) is 5.69. The van der Waals surface area contributed by atoms with Gasteiger partial charge in [-0.05, 0) is 0 Å². The van der Waals surface area contributed by atoms with Crippen LogP contribution in [0.2, 0.25) is 9.63 Å². The van der Waals surface area contributed by atoms with E-state index >= 15 is 0 Å². The van der Waals surface area contributed by atoms with Crippen molar-refractivity contribution in [1.82, 2.24) is 0 Å². The summed E-state index contributed by atoms with van der Waals surface area (Å²) < 4.78 is 5.53. The Balaban J connectivity index is 2.67. The van der Waals surface area contributed by atoms with Gasteiger partial charge in [-0.15, -0.1) is 0 Å². The van der Waals surface area contributed by atoms with Crippen LogP contribution < -0.4 is 0 Å². The molecule has 1 heterocycles. The molecule has 0 unspecified atom stereocenters. The third-order valence-electron chi connectivity index (χ3n) is 1.84. The number of ether oxygens (including phenoxy) is 1. The number of hydrogen-bond donors (Lipinski definition) is 0. The molecule has 0 aromatic rings. The van der Waals surface area contributed by atoms with Gasteiger partial charge in [0.1, 0.15) is 0 Å². The summed E-state index contributed by atoms with van der Waals surface area (Å²) in [6.07, 6.45) is 0. The number of rotatable bonds is 2. The van der Waals surface area contributed by atoms with Gasteiger partial charge < -0.3 is 0 Å². The van der Waals surface area contributed by atoms with Crippen LogP contribution in [0.25, 0.3) is 0 Å². The van der Waals surface area contributed by atoms with Crippen molar-refractivity contribution in [3.05, 3.63) is 0 Å². The molecule has 1 rings (SSSR count). The fraction of sp³-hybridized carbons (Fsp3) is 1.00. The second kappa shape index (κ2) is 5.47. The Morgan fingerprint density at radius 3 is 1.83 bits per heavy atom. The predicted octanol–water partition coefficient (Wildman–Crippen LogP) is 3.78. The minimum atomic E-state index is -1.63. The molecule has 0 aliphatic carbocycles. The molecular weight excluding hydrogens is 487 g/mol. The van der Waals surface area contributed by atoms with Crippen molar-refractivity contribution in [1.29, 1.82) is 0 Å². The second-order valence-electron chi connectivity index (χ2n) is 2.64. The van der Waals surface area contributed by atoms with Gasteiger partial charge in [-0.2, -0.15) is 0 Å². The van der Waals surface area contributed by atoms with Gasteiger partial charge in [0.15, 0.2) is 0 Å². The predicted molar refractivity (Wildman–Crippen MR) is 69.5 cm³/mol. The summed E-state index contributed by atoms with van der Waals surface area (Å²) in [5.41, 5.74) is 0. The van der Waals surface area contributed by atoms with E-state index in [1.54, 1.807) is 0 Å². The molecule has 1 aliphatic rings.